The summed E-state index contributed by atoms with van der Waals surface area (Å²) in [5.74, 6) is -0.712. The van der Waals surface area contributed by atoms with E-state index < -0.39 is 15.8 Å². The summed E-state index contributed by atoms with van der Waals surface area (Å²) in [6, 6.07) is 9.16. The summed E-state index contributed by atoms with van der Waals surface area (Å²) in [4.78, 5) is 0.680. The van der Waals surface area contributed by atoms with Crippen molar-refractivity contribution in [2.75, 3.05) is 13.2 Å². The van der Waals surface area contributed by atoms with Crippen LogP contribution in [-0.2, 0) is 21.3 Å². The van der Waals surface area contributed by atoms with Gasteiger partial charge in [-0.25, -0.2) is 12.8 Å². The van der Waals surface area contributed by atoms with E-state index in [1.807, 2.05) is 17.5 Å². The monoisotopic (exact) mass is 355 g/mol. The Labute approximate surface area is 139 Å². The lowest BCUT2D eigenvalue weighted by molar-refractivity contribution is 0.0571. The van der Waals surface area contributed by atoms with Gasteiger partial charge in [-0.3, -0.25) is 0 Å². The topological polar surface area (TPSA) is 46.6 Å². The molecule has 0 bridgehead atoms. The van der Waals surface area contributed by atoms with Crippen molar-refractivity contribution in [3.8, 4) is 0 Å². The van der Waals surface area contributed by atoms with E-state index in [2.05, 4.69) is 0 Å². The fourth-order valence-corrected chi connectivity index (χ4v) is 5.23. The van der Waals surface area contributed by atoms with E-state index in [9.17, 15) is 12.8 Å². The van der Waals surface area contributed by atoms with Gasteiger partial charge in [-0.2, -0.15) is 4.31 Å². The van der Waals surface area contributed by atoms with Crippen molar-refractivity contribution < 1.29 is 17.5 Å². The van der Waals surface area contributed by atoms with Gasteiger partial charge < -0.3 is 4.74 Å². The van der Waals surface area contributed by atoms with Crippen molar-refractivity contribution in [3.63, 3.8) is 0 Å². The van der Waals surface area contributed by atoms with Crippen LogP contribution in [0.4, 0.5) is 4.39 Å². The van der Waals surface area contributed by atoms with Gasteiger partial charge in [-0.05, 0) is 36.4 Å². The quantitative estimate of drug-likeness (QED) is 0.827. The Morgan fingerprint density at radius 3 is 2.57 bits per heavy atom. The third-order valence-corrected chi connectivity index (χ3v) is 6.71. The minimum atomic E-state index is -3.90. The lowest BCUT2D eigenvalue weighted by Crippen LogP contribution is -2.43. The number of benzene rings is 1. The molecule has 3 rings (SSSR count). The lowest BCUT2D eigenvalue weighted by atomic mass is 10.1. The van der Waals surface area contributed by atoms with Crippen LogP contribution in [0, 0.1) is 5.82 Å². The molecule has 1 aromatic heterocycles. The van der Waals surface area contributed by atoms with Gasteiger partial charge in [0.1, 0.15) is 10.7 Å². The van der Waals surface area contributed by atoms with Crippen molar-refractivity contribution in [2.24, 2.45) is 0 Å². The molecule has 1 saturated heterocycles. The van der Waals surface area contributed by atoms with Crippen molar-refractivity contribution in [1.82, 2.24) is 4.31 Å². The molecule has 1 aliphatic rings. The fraction of sp³-hybridized carbons (Fsp3) is 0.375. The van der Waals surface area contributed by atoms with Gasteiger partial charge >= 0.3 is 0 Å². The van der Waals surface area contributed by atoms with Gasteiger partial charge in [0.25, 0.3) is 0 Å². The molecule has 0 unspecified atom stereocenters. The second-order valence-electron chi connectivity index (χ2n) is 5.40. The van der Waals surface area contributed by atoms with Crippen LogP contribution >= 0.6 is 11.3 Å². The molecule has 2 aromatic rings. The number of sulfonamides is 1. The molecule has 7 heteroatoms. The normalized spacial score (nSPS) is 16.8. The highest BCUT2D eigenvalue weighted by molar-refractivity contribution is 7.89. The van der Waals surface area contributed by atoms with Gasteiger partial charge in [-0.1, -0.05) is 18.2 Å². The van der Waals surface area contributed by atoms with Gasteiger partial charge in [0.05, 0.1) is 0 Å². The molecule has 0 spiro atoms. The van der Waals surface area contributed by atoms with E-state index in [-0.39, 0.29) is 17.5 Å². The molecule has 23 heavy (non-hydrogen) atoms. The first-order chi connectivity index (χ1) is 11.1. The zero-order chi connectivity index (χ0) is 16.3. The molecule has 0 amide bonds. The first kappa shape index (κ1) is 16.6. The summed E-state index contributed by atoms with van der Waals surface area (Å²) in [5, 5.41) is 1.91. The van der Waals surface area contributed by atoms with Crippen LogP contribution in [0.1, 0.15) is 17.7 Å². The average molecular weight is 355 g/mol. The molecule has 1 aromatic carbocycles. The summed E-state index contributed by atoms with van der Waals surface area (Å²) in [7, 11) is -3.90. The van der Waals surface area contributed by atoms with Crippen LogP contribution in [0.5, 0.6) is 0 Å². The molecule has 1 aliphatic heterocycles. The Hall–Kier alpha value is -1.28. The van der Waals surface area contributed by atoms with E-state index in [1.165, 1.54) is 33.8 Å². The molecular weight excluding hydrogens is 337 g/mol. The minimum absolute atomic E-state index is 0.171. The third-order valence-electron chi connectivity index (χ3n) is 3.91. The Morgan fingerprint density at radius 1 is 1.17 bits per heavy atom. The van der Waals surface area contributed by atoms with Crippen LogP contribution in [0.25, 0.3) is 0 Å². The molecule has 0 radical (unpaired) electrons. The maximum Gasteiger partial charge on any atom is 0.246 e. The van der Waals surface area contributed by atoms with Gasteiger partial charge in [-0.15, -0.1) is 11.3 Å². The van der Waals surface area contributed by atoms with E-state index in [1.54, 1.807) is 6.07 Å². The van der Waals surface area contributed by atoms with Gasteiger partial charge in [0.2, 0.25) is 10.0 Å². The molecule has 2 heterocycles. The summed E-state index contributed by atoms with van der Waals surface area (Å²) < 4.78 is 46.9. The summed E-state index contributed by atoms with van der Waals surface area (Å²) >= 11 is 1.50. The number of nitrogens with zero attached hydrogens (tertiary/aromatic N) is 1. The molecule has 0 atom stereocenters. The molecule has 0 aliphatic carbocycles. The highest BCUT2D eigenvalue weighted by atomic mass is 32.2. The average Bonchev–Trinajstić information content (AvgIpc) is 3.07. The van der Waals surface area contributed by atoms with Crippen molar-refractivity contribution in [3.05, 3.63) is 52.5 Å². The van der Waals surface area contributed by atoms with Crippen molar-refractivity contribution >= 4 is 21.4 Å². The molecule has 0 N–H and O–H groups in total. The number of ether oxygens (including phenoxy) is 1. The maximum absolute atomic E-state index is 14.1. The van der Waals surface area contributed by atoms with Crippen molar-refractivity contribution in [2.45, 2.75) is 30.3 Å². The van der Waals surface area contributed by atoms with E-state index >= 15 is 0 Å². The first-order valence-corrected chi connectivity index (χ1v) is 9.77. The van der Waals surface area contributed by atoms with Crippen LogP contribution in [-0.4, -0.2) is 32.0 Å². The predicted octanol–water partition coefficient (Wildman–Crippen LogP) is 3.26. The summed E-state index contributed by atoms with van der Waals surface area (Å²) in [5.41, 5.74) is 0. The molecular formula is C16H18FNO3S2. The SMILES string of the molecule is O=S(=O)(c1ccccc1F)N(Cc1cccs1)C1CCOCC1. The number of rotatable bonds is 5. The number of hydrogen-bond acceptors (Lipinski definition) is 4. The van der Waals surface area contributed by atoms with Crippen molar-refractivity contribution in [1.29, 1.82) is 0 Å². The number of thiophene rings is 1. The summed E-state index contributed by atoms with van der Waals surface area (Å²) in [6.45, 7) is 1.32. The zero-order valence-corrected chi connectivity index (χ0v) is 14.2. The Balaban J connectivity index is 1.97. The lowest BCUT2D eigenvalue weighted by Gasteiger charge is -2.33. The highest BCUT2D eigenvalue weighted by Gasteiger charge is 2.34. The molecule has 0 saturated carbocycles. The minimum Gasteiger partial charge on any atom is -0.381 e. The maximum atomic E-state index is 14.1. The van der Waals surface area contributed by atoms with Gasteiger partial charge in [0.15, 0.2) is 0 Å². The zero-order valence-electron chi connectivity index (χ0n) is 12.5. The van der Waals surface area contributed by atoms with Crippen LogP contribution in [0.3, 0.4) is 0 Å². The highest BCUT2D eigenvalue weighted by Crippen LogP contribution is 2.28. The fourth-order valence-electron chi connectivity index (χ4n) is 2.72. The summed E-state index contributed by atoms with van der Waals surface area (Å²) in [6.07, 6.45) is 1.25. The van der Waals surface area contributed by atoms with Gasteiger partial charge in [0, 0.05) is 30.7 Å². The van der Waals surface area contributed by atoms with E-state index in [4.69, 9.17) is 4.74 Å². The largest absolute Gasteiger partial charge is 0.381 e. The third kappa shape index (κ3) is 3.63. The second kappa shape index (κ2) is 7.09. The standard InChI is InChI=1S/C16H18FNO3S2/c17-15-5-1-2-6-16(15)23(19,20)18(12-14-4-3-11-22-14)13-7-9-21-10-8-13/h1-6,11,13H,7-10,12H2. The Bertz CT molecular complexity index is 740. The second-order valence-corrected chi connectivity index (χ2v) is 8.29. The predicted molar refractivity (Wildman–Crippen MR) is 87.3 cm³/mol. The number of hydrogen-bond donors (Lipinski definition) is 0. The molecule has 4 nitrogen and oxygen atoms in total. The smallest absolute Gasteiger partial charge is 0.246 e. The molecule has 124 valence electrons. The number of halogens is 1. The molecule has 1 fully saturated rings. The first-order valence-electron chi connectivity index (χ1n) is 7.45. The Morgan fingerprint density at radius 2 is 1.91 bits per heavy atom. The van der Waals surface area contributed by atoms with Crippen LogP contribution < -0.4 is 0 Å². The Kier molecular flexibility index (Phi) is 5.11. The van der Waals surface area contributed by atoms with E-state index in [0.29, 0.717) is 26.1 Å². The van der Waals surface area contributed by atoms with E-state index in [0.717, 1.165) is 4.88 Å². The van der Waals surface area contributed by atoms with Crippen LogP contribution in [0.2, 0.25) is 0 Å². The van der Waals surface area contributed by atoms with Crippen LogP contribution in [0.15, 0.2) is 46.7 Å².